The van der Waals surface area contributed by atoms with E-state index in [0.29, 0.717) is 17.5 Å². The van der Waals surface area contributed by atoms with Crippen LogP contribution in [0.5, 0.6) is 5.75 Å². The Bertz CT molecular complexity index is 665. The molecule has 0 spiro atoms. The smallest absolute Gasteiger partial charge is 0.149 e. The lowest BCUT2D eigenvalue weighted by atomic mass is 10.1. The summed E-state index contributed by atoms with van der Waals surface area (Å²) in [4.78, 5) is 2.48. The van der Waals surface area contributed by atoms with E-state index >= 15 is 0 Å². The molecule has 1 saturated heterocycles. The Morgan fingerprint density at radius 2 is 2.08 bits per heavy atom. The van der Waals surface area contributed by atoms with Gasteiger partial charge in [-0.25, -0.2) is 4.39 Å². The molecule has 1 aliphatic heterocycles. The minimum atomic E-state index is -0.276. The lowest BCUT2D eigenvalue weighted by Gasteiger charge is -2.34. The van der Waals surface area contributed by atoms with Crippen LogP contribution in [0.4, 0.5) is 10.1 Å². The fourth-order valence-corrected chi connectivity index (χ4v) is 3.22. The lowest BCUT2D eigenvalue weighted by Crippen LogP contribution is -2.50. The van der Waals surface area contributed by atoms with Crippen LogP contribution < -0.4 is 15.4 Å². The molecule has 1 fully saturated rings. The molecule has 0 amide bonds. The zero-order valence-electron chi connectivity index (χ0n) is 14.7. The van der Waals surface area contributed by atoms with Crippen molar-refractivity contribution in [3.8, 4) is 5.75 Å². The number of hydrogen-bond donors (Lipinski definition) is 2. The summed E-state index contributed by atoms with van der Waals surface area (Å²) in [6.07, 6.45) is 0.955. The first-order valence-electron chi connectivity index (χ1n) is 8.81. The predicted molar refractivity (Wildman–Crippen MR) is 99.6 cm³/mol. The fraction of sp³-hybridized carbons (Fsp3) is 0.400. The second-order valence-electron chi connectivity index (χ2n) is 6.43. The number of anilines is 1. The molecule has 2 N–H and O–H groups in total. The first-order valence-corrected chi connectivity index (χ1v) is 8.81. The molecule has 25 heavy (non-hydrogen) atoms. The molecule has 5 heteroatoms. The Labute approximate surface area is 149 Å². The largest absolute Gasteiger partial charge is 0.497 e. The Balaban J connectivity index is 1.45. The van der Waals surface area contributed by atoms with E-state index < -0.39 is 0 Å². The van der Waals surface area contributed by atoms with Crippen LogP contribution in [0.15, 0.2) is 48.5 Å². The highest BCUT2D eigenvalue weighted by Gasteiger charge is 2.19. The minimum absolute atomic E-state index is 0.276. The maximum atomic E-state index is 13.9. The summed E-state index contributed by atoms with van der Waals surface area (Å²) < 4.78 is 19.0. The number of nitrogens with one attached hydrogen (secondary N) is 2. The van der Waals surface area contributed by atoms with E-state index in [-0.39, 0.29) is 5.82 Å². The van der Waals surface area contributed by atoms with Crippen molar-refractivity contribution < 1.29 is 9.13 Å². The second-order valence-corrected chi connectivity index (χ2v) is 6.43. The van der Waals surface area contributed by atoms with Crippen molar-refractivity contribution in [2.24, 2.45) is 0 Å². The average molecular weight is 343 g/mol. The summed E-state index contributed by atoms with van der Waals surface area (Å²) in [7, 11) is 1.54. The second kappa shape index (κ2) is 8.83. The van der Waals surface area contributed by atoms with E-state index in [4.69, 9.17) is 4.74 Å². The van der Waals surface area contributed by atoms with Crippen molar-refractivity contribution in [1.29, 1.82) is 0 Å². The van der Waals surface area contributed by atoms with Crippen molar-refractivity contribution in [1.82, 2.24) is 10.2 Å². The van der Waals surface area contributed by atoms with Gasteiger partial charge in [0.05, 0.1) is 12.8 Å². The molecule has 1 heterocycles. The summed E-state index contributed by atoms with van der Waals surface area (Å²) in [5, 5.41) is 6.75. The van der Waals surface area contributed by atoms with Gasteiger partial charge in [-0.3, -0.25) is 4.90 Å². The highest BCUT2D eigenvalue weighted by atomic mass is 19.1. The van der Waals surface area contributed by atoms with Gasteiger partial charge in [0.1, 0.15) is 11.6 Å². The van der Waals surface area contributed by atoms with Crippen molar-refractivity contribution in [2.75, 3.05) is 38.6 Å². The molecular formula is C20H26FN3O. The normalized spacial score (nSPS) is 18.1. The van der Waals surface area contributed by atoms with Crippen LogP contribution in [-0.4, -0.2) is 44.2 Å². The molecule has 1 aliphatic rings. The number of nitrogens with zero attached hydrogens (tertiary/aromatic N) is 1. The fourth-order valence-electron chi connectivity index (χ4n) is 3.22. The van der Waals surface area contributed by atoms with Gasteiger partial charge < -0.3 is 15.4 Å². The van der Waals surface area contributed by atoms with Crippen molar-refractivity contribution >= 4 is 5.69 Å². The van der Waals surface area contributed by atoms with Gasteiger partial charge in [0.25, 0.3) is 0 Å². The number of benzene rings is 2. The minimum Gasteiger partial charge on any atom is -0.497 e. The van der Waals surface area contributed by atoms with E-state index in [9.17, 15) is 4.39 Å². The number of rotatable bonds is 7. The topological polar surface area (TPSA) is 36.5 Å². The Kier molecular flexibility index (Phi) is 6.25. The summed E-state index contributed by atoms with van der Waals surface area (Å²) >= 11 is 0. The number of halogens is 1. The molecule has 0 saturated carbocycles. The maximum Gasteiger partial charge on any atom is 0.149 e. The molecule has 1 atom stereocenters. The van der Waals surface area contributed by atoms with Crippen molar-refractivity contribution in [2.45, 2.75) is 19.0 Å². The molecule has 3 rings (SSSR count). The summed E-state index contributed by atoms with van der Waals surface area (Å²) in [6, 6.07) is 15.9. The number of ether oxygens (including phenoxy) is 1. The van der Waals surface area contributed by atoms with Crippen LogP contribution in [0.3, 0.4) is 0 Å². The van der Waals surface area contributed by atoms with Gasteiger partial charge in [-0.1, -0.05) is 30.3 Å². The summed E-state index contributed by atoms with van der Waals surface area (Å²) in [5.41, 5.74) is 1.87. The third-order valence-electron chi connectivity index (χ3n) is 4.57. The van der Waals surface area contributed by atoms with Crippen LogP contribution in [0.25, 0.3) is 0 Å². The van der Waals surface area contributed by atoms with E-state index in [1.54, 1.807) is 12.1 Å². The monoisotopic (exact) mass is 343 g/mol. The maximum absolute atomic E-state index is 13.9. The zero-order chi connectivity index (χ0) is 17.5. The molecule has 4 nitrogen and oxygen atoms in total. The SMILES string of the molecule is COc1ccc(NCCC2CN(Cc3ccccc3)CCN2)c(F)c1. The van der Waals surface area contributed by atoms with Gasteiger partial charge in [-0.15, -0.1) is 0 Å². The van der Waals surface area contributed by atoms with Gasteiger partial charge >= 0.3 is 0 Å². The van der Waals surface area contributed by atoms with Crippen LogP contribution >= 0.6 is 0 Å². The van der Waals surface area contributed by atoms with Gasteiger partial charge in [0, 0.05) is 44.8 Å². The summed E-state index contributed by atoms with van der Waals surface area (Å²) in [6.45, 7) is 4.79. The van der Waals surface area contributed by atoms with Gasteiger partial charge in [0.2, 0.25) is 0 Å². The first-order chi connectivity index (χ1) is 12.2. The quantitative estimate of drug-likeness (QED) is 0.810. The van der Waals surface area contributed by atoms with Gasteiger partial charge in [-0.2, -0.15) is 0 Å². The van der Waals surface area contributed by atoms with Gasteiger partial charge in [0.15, 0.2) is 0 Å². The molecule has 2 aromatic rings. The standard InChI is InChI=1S/C20H26FN3O/c1-25-18-7-8-20(19(21)13-18)23-10-9-17-15-24(12-11-22-17)14-16-5-3-2-4-6-16/h2-8,13,17,22-23H,9-12,14-15H2,1H3. The Morgan fingerprint density at radius 1 is 1.24 bits per heavy atom. The molecule has 2 aromatic carbocycles. The van der Waals surface area contributed by atoms with E-state index in [0.717, 1.165) is 39.1 Å². The molecular weight excluding hydrogens is 317 g/mol. The summed E-state index contributed by atoms with van der Waals surface area (Å²) in [5.74, 6) is 0.259. The van der Waals surface area contributed by atoms with Crippen LogP contribution in [0.1, 0.15) is 12.0 Å². The molecule has 134 valence electrons. The van der Waals surface area contributed by atoms with E-state index in [2.05, 4.69) is 39.8 Å². The van der Waals surface area contributed by atoms with Crippen molar-refractivity contribution in [3.05, 3.63) is 59.9 Å². The number of methoxy groups -OCH3 is 1. The molecule has 0 radical (unpaired) electrons. The molecule has 0 bridgehead atoms. The van der Waals surface area contributed by atoms with Crippen molar-refractivity contribution in [3.63, 3.8) is 0 Å². The third-order valence-corrected chi connectivity index (χ3v) is 4.57. The highest BCUT2D eigenvalue weighted by Crippen LogP contribution is 2.20. The predicted octanol–water partition coefficient (Wildman–Crippen LogP) is 3.11. The Morgan fingerprint density at radius 3 is 2.84 bits per heavy atom. The lowest BCUT2D eigenvalue weighted by molar-refractivity contribution is 0.189. The molecule has 0 aromatic heterocycles. The average Bonchev–Trinajstić information content (AvgIpc) is 2.64. The number of hydrogen-bond acceptors (Lipinski definition) is 4. The van der Waals surface area contributed by atoms with Crippen LogP contribution in [0.2, 0.25) is 0 Å². The van der Waals surface area contributed by atoms with E-state index in [1.807, 2.05) is 6.07 Å². The third kappa shape index (κ3) is 5.18. The Hall–Kier alpha value is -2.11. The van der Waals surface area contributed by atoms with E-state index in [1.165, 1.54) is 18.7 Å². The highest BCUT2D eigenvalue weighted by molar-refractivity contribution is 5.47. The van der Waals surface area contributed by atoms with Crippen LogP contribution in [0, 0.1) is 5.82 Å². The molecule has 0 aliphatic carbocycles. The first kappa shape index (κ1) is 17.7. The molecule has 1 unspecified atom stereocenters. The zero-order valence-corrected chi connectivity index (χ0v) is 14.7. The van der Waals surface area contributed by atoms with Gasteiger partial charge in [-0.05, 0) is 24.1 Å². The van der Waals surface area contributed by atoms with Crippen LogP contribution in [-0.2, 0) is 6.54 Å². The number of piperazine rings is 1.